The van der Waals surface area contributed by atoms with Crippen LogP contribution in [-0.4, -0.2) is 15.5 Å². The average molecular weight is 269 g/mol. The fraction of sp³-hybridized carbons (Fsp3) is 0.500. The number of nitrogens with zero attached hydrogens (tertiary/aromatic N) is 1. The van der Waals surface area contributed by atoms with Gasteiger partial charge in [0.1, 0.15) is 21.9 Å². The van der Waals surface area contributed by atoms with Crippen molar-refractivity contribution in [1.29, 1.82) is 0 Å². The molecule has 1 aromatic carbocycles. The summed E-state index contributed by atoms with van der Waals surface area (Å²) in [5, 5.41) is 0. The third-order valence-corrected chi connectivity index (χ3v) is 3.96. The van der Waals surface area contributed by atoms with Crippen LogP contribution in [0.15, 0.2) is 28.7 Å². The summed E-state index contributed by atoms with van der Waals surface area (Å²) in [5.41, 5.74) is 0.994. The van der Waals surface area contributed by atoms with E-state index in [1.54, 1.807) is 18.3 Å². The molecule has 0 fully saturated rings. The summed E-state index contributed by atoms with van der Waals surface area (Å²) in [6, 6.07) is 6.37. The zero-order valence-electron chi connectivity index (χ0n) is 11.3. The van der Waals surface area contributed by atoms with Crippen LogP contribution in [0.2, 0.25) is 0 Å². The largest absolute Gasteiger partial charge is 0.591 e. The molecule has 0 radical (unpaired) electrons. The molecule has 0 aliphatic carbocycles. The molecule has 1 rings (SSSR count). The van der Waals surface area contributed by atoms with Crippen molar-refractivity contribution in [1.82, 2.24) is 0 Å². The summed E-state index contributed by atoms with van der Waals surface area (Å²) in [7, 11) is 0. The minimum Gasteiger partial charge on any atom is -0.591 e. The van der Waals surface area contributed by atoms with Gasteiger partial charge in [-0.25, -0.2) is 4.39 Å². The van der Waals surface area contributed by atoms with Gasteiger partial charge in [-0.15, -0.1) is 0 Å². The second-order valence-electron chi connectivity index (χ2n) is 5.18. The van der Waals surface area contributed by atoms with E-state index < -0.39 is 11.4 Å². The molecule has 0 bridgehead atoms. The molecule has 0 heterocycles. The van der Waals surface area contributed by atoms with Gasteiger partial charge in [0.15, 0.2) is 0 Å². The normalized spacial score (nSPS) is 15.9. The zero-order valence-corrected chi connectivity index (χ0v) is 12.1. The molecule has 0 amide bonds. The van der Waals surface area contributed by atoms with Gasteiger partial charge in [0, 0.05) is 5.92 Å². The highest BCUT2D eigenvalue weighted by Crippen LogP contribution is 2.21. The van der Waals surface area contributed by atoms with E-state index in [4.69, 9.17) is 0 Å². The van der Waals surface area contributed by atoms with E-state index in [2.05, 4.69) is 4.40 Å². The molecular formula is C14H20FNOS. The Hall–Kier alpha value is -0.870. The van der Waals surface area contributed by atoms with Gasteiger partial charge < -0.3 is 4.55 Å². The van der Waals surface area contributed by atoms with E-state index in [-0.39, 0.29) is 16.5 Å². The Morgan fingerprint density at radius 3 is 2.33 bits per heavy atom. The van der Waals surface area contributed by atoms with Crippen molar-refractivity contribution in [3.63, 3.8) is 0 Å². The van der Waals surface area contributed by atoms with Gasteiger partial charge in [-0.3, -0.25) is 0 Å². The van der Waals surface area contributed by atoms with Gasteiger partial charge in [-0.2, -0.15) is 0 Å². The summed E-state index contributed by atoms with van der Waals surface area (Å²) in [4.78, 5) is 0. The van der Waals surface area contributed by atoms with Crippen LogP contribution in [0.5, 0.6) is 0 Å². The molecule has 100 valence electrons. The summed E-state index contributed by atoms with van der Waals surface area (Å²) in [6.45, 7) is 7.69. The first-order valence-corrected chi connectivity index (χ1v) is 7.17. The number of hydrogen-bond donors (Lipinski definition) is 0. The van der Waals surface area contributed by atoms with Crippen molar-refractivity contribution in [3.8, 4) is 0 Å². The Morgan fingerprint density at radius 2 is 1.89 bits per heavy atom. The van der Waals surface area contributed by atoms with Crippen molar-refractivity contribution in [2.45, 2.75) is 44.8 Å². The first-order valence-electron chi connectivity index (χ1n) is 6.06. The van der Waals surface area contributed by atoms with Gasteiger partial charge in [-0.05, 0) is 44.9 Å². The van der Waals surface area contributed by atoms with Gasteiger partial charge >= 0.3 is 0 Å². The molecule has 0 unspecified atom stereocenters. The number of rotatable bonds is 4. The third-order valence-electron chi connectivity index (χ3n) is 2.60. The van der Waals surface area contributed by atoms with Gasteiger partial charge in [0.2, 0.25) is 0 Å². The predicted molar refractivity (Wildman–Crippen MR) is 75.8 cm³/mol. The molecule has 0 saturated carbocycles. The molecule has 0 aliphatic heterocycles. The minimum absolute atomic E-state index is 0.0805. The van der Waals surface area contributed by atoms with Crippen molar-refractivity contribution in [3.05, 3.63) is 35.6 Å². The molecule has 0 aromatic heterocycles. The van der Waals surface area contributed by atoms with Crippen LogP contribution in [0.4, 0.5) is 4.39 Å². The lowest BCUT2D eigenvalue weighted by Crippen LogP contribution is -2.26. The van der Waals surface area contributed by atoms with Crippen molar-refractivity contribution in [2.75, 3.05) is 0 Å². The Kier molecular flexibility index (Phi) is 5.35. The summed E-state index contributed by atoms with van der Waals surface area (Å²) in [6.07, 6.45) is 2.56. The van der Waals surface area contributed by atoms with E-state index in [0.717, 1.165) is 12.0 Å². The first-order chi connectivity index (χ1) is 8.34. The van der Waals surface area contributed by atoms with Gasteiger partial charge in [0.05, 0.1) is 6.21 Å². The molecule has 0 N–H and O–H groups in total. The third kappa shape index (κ3) is 4.42. The highest BCUT2D eigenvalue weighted by atomic mass is 32.2. The van der Waals surface area contributed by atoms with Crippen LogP contribution < -0.4 is 0 Å². The monoisotopic (exact) mass is 269 g/mol. The first kappa shape index (κ1) is 15.2. The Balaban J connectivity index is 2.79. The van der Waals surface area contributed by atoms with Crippen LogP contribution in [0.1, 0.15) is 45.6 Å². The smallest absolute Gasteiger partial charge is 0.144 e. The highest BCUT2D eigenvalue weighted by Gasteiger charge is 2.26. The second kappa shape index (κ2) is 6.34. The molecule has 18 heavy (non-hydrogen) atoms. The Labute approximate surface area is 112 Å². The quantitative estimate of drug-likeness (QED) is 0.604. The number of hydrogen-bond acceptors (Lipinski definition) is 2. The van der Waals surface area contributed by atoms with Crippen LogP contribution in [0, 0.1) is 5.82 Å². The van der Waals surface area contributed by atoms with Gasteiger partial charge in [-0.1, -0.05) is 23.5 Å². The maximum atomic E-state index is 12.8. The van der Waals surface area contributed by atoms with Crippen LogP contribution >= 0.6 is 0 Å². The predicted octanol–water partition coefficient (Wildman–Crippen LogP) is 3.85. The maximum Gasteiger partial charge on any atom is 0.144 e. The lowest BCUT2D eigenvalue weighted by molar-refractivity contribution is 0.561. The molecule has 0 aliphatic rings. The van der Waals surface area contributed by atoms with Gasteiger partial charge in [0.25, 0.3) is 0 Å². The van der Waals surface area contributed by atoms with E-state index in [9.17, 15) is 8.94 Å². The zero-order chi connectivity index (χ0) is 13.8. The fourth-order valence-corrected chi connectivity index (χ4v) is 2.00. The lowest BCUT2D eigenvalue weighted by atomic mass is 9.98. The minimum atomic E-state index is -1.24. The number of benzene rings is 1. The summed E-state index contributed by atoms with van der Waals surface area (Å²) >= 11 is -1.24. The van der Waals surface area contributed by atoms with Crippen LogP contribution in [-0.2, 0) is 11.4 Å². The second-order valence-corrected chi connectivity index (χ2v) is 7.12. The molecule has 1 aromatic rings. The Morgan fingerprint density at radius 1 is 1.33 bits per heavy atom. The standard InChI is InChI=1S/C14H20FNOS/c1-5-11(10-16-18(17)14(2,3)4)12-6-8-13(15)9-7-12/h6-11H,5H2,1-4H3/b16-10+/t11-,18+/m1/s1. The van der Waals surface area contributed by atoms with E-state index in [0.29, 0.717) is 0 Å². The van der Waals surface area contributed by atoms with Crippen LogP contribution in [0.25, 0.3) is 0 Å². The number of halogens is 1. The molecule has 0 saturated heterocycles. The molecule has 2 nitrogen and oxygen atoms in total. The van der Waals surface area contributed by atoms with Crippen molar-refractivity contribution >= 4 is 17.6 Å². The SMILES string of the molecule is CC[C@H](/C=N/[S@@+]([O-])C(C)(C)C)c1ccc(F)cc1. The van der Waals surface area contributed by atoms with Crippen molar-refractivity contribution < 1.29 is 8.94 Å². The fourth-order valence-electron chi connectivity index (χ4n) is 1.42. The summed E-state index contributed by atoms with van der Waals surface area (Å²) < 4.78 is 28.4. The highest BCUT2D eigenvalue weighted by molar-refractivity contribution is 7.91. The summed E-state index contributed by atoms with van der Waals surface area (Å²) in [5.74, 6) is -0.166. The van der Waals surface area contributed by atoms with E-state index in [1.165, 1.54) is 12.1 Å². The maximum absolute atomic E-state index is 12.8. The van der Waals surface area contributed by atoms with Crippen LogP contribution in [0.3, 0.4) is 0 Å². The molecule has 4 heteroatoms. The van der Waals surface area contributed by atoms with E-state index >= 15 is 0 Å². The molecular weight excluding hydrogens is 249 g/mol. The van der Waals surface area contributed by atoms with Crippen molar-refractivity contribution in [2.24, 2.45) is 4.40 Å². The molecule has 2 atom stereocenters. The average Bonchev–Trinajstić information content (AvgIpc) is 2.30. The topological polar surface area (TPSA) is 35.4 Å². The Bertz CT molecular complexity index is 397. The lowest BCUT2D eigenvalue weighted by Gasteiger charge is -2.18. The molecule has 0 spiro atoms. The van der Waals surface area contributed by atoms with E-state index in [1.807, 2.05) is 27.7 Å².